The van der Waals surface area contributed by atoms with E-state index in [1.807, 2.05) is 25.1 Å². The Balaban J connectivity index is 1.73. The van der Waals surface area contributed by atoms with Crippen molar-refractivity contribution in [2.45, 2.75) is 51.9 Å². The first-order chi connectivity index (χ1) is 15.6. The quantitative estimate of drug-likeness (QED) is 0.613. The summed E-state index contributed by atoms with van der Waals surface area (Å²) in [4.78, 5) is 25.1. The molecule has 8 heteroatoms. The number of amides is 1. The molecule has 3 rings (SSSR count). The van der Waals surface area contributed by atoms with Gasteiger partial charge < -0.3 is 10.1 Å². The Morgan fingerprint density at radius 1 is 1.12 bits per heavy atom. The summed E-state index contributed by atoms with van der Waals surface area (Å²) >= 11 is 0. The Morgan fingerprint density at radius 3 is 2.45 bits per heavy atom. The van der Waals surface area contributed by atoms with Crippen LogP contribution >= 0.6 is 0 Å². The molecule has 1 aliphatic heterocycles. The second kappa shape index (κ2) is 10.5. The number of rotatable bonds is 7. The van der Waals surface area contributed by atoms with Gasteiger partial charge in [0.05, 0.1) is 10.5 Å². The highest BCUT2D eigenvalue weighted by Gasteiger charge is 2.30. The monoisotopic (exact) mass is 472 g/mol. The van der Waals surface area contributed by atoms with Crippen LogP contribution in [0.1, 0.15) is 53.7 Å². The molecule has 2 aromatic carbocycles. The Labute approximate surface area is 196 Å². The first-order valence-corrected chi connectivity index (χ1v) is 12.7. The lowest BCUT2D eigenvalue weighted by atomic mass is 10.0. The molecule has 0 aromatic heterocycles. The van der Waals surface area contributed by atoms with Gasteiger partial charge in [-0.25, -0.2) is 13.2 Å². The lowest BCUT2D eigenvalue weighted by Crippen LogP contribution is -2.38. The van der Waals surface area contributed by atoms with Crippen molar-refractivity contribution in [3.63, 3.8) is 0 Å². The molecule has 0 unspecified atom stereocenters. The van der Waals surface area contributed by atoms with Crippen LogP contribution in [0.3, 0.4) is 0 Å². The van der Waals surface area contributed by atoms with E-state index in [0.29, 0.717) is 35.8 Å². The Kier molecular flexibility index (Phi) is 7.92. The first kappa shape index (κ1) is 24.9. The SMILES string of the molecule is CCc1ccccc1NC(=O)COC(=O)c1cc(C)c(C)c(S(=O)(=O)N2CCC(C)CC2)c1. The molecule has 1 N–H and O–H groups in total. The zero-order valence-electron chi connectivity index (χ0n) is 19.7. The number of anilines is 1. The van der Waals surface area contributed by atoms with Gasteiger partial charge in [-0.15, -0.1) is 0 Å². The fourth-order valence-electron chi connectivity index (χ4n) is 3.93. The van der Waals surface area contributed by atoms with E-state index in [0.717, 1.165) is 24.8 Å². The van der Waals surface area contributed by atoms with Gasteiger partial charge in [0.15, 0.2) is 6.61 Å². The van der Waals surface area contributed by atoms with E-state index >= 15 is 0 Å². The van der Waals surface area contributed by atoms with Crippen molar-refractivity contribution in [2.24, 2.45) is 5.92 Å². The minimum absolute atomic E-state index is 0.115. The zero-order valence-corrected chi connectivity index (χ0v) is 20.5. The van der Waals surface area contributed by atoms with Gasteiger partial charge in [-0.1, -0.05) is 32.0 Å². The Hall–Kier alpha value is -2.71. The second-order valence-electron chi connectivity index (χ2n) is 8.64. The van der Waals surface area contributed by atoms with Gasteiger partial charge in [-0.2, -0.15) is 4.31 Å². The third-order valence-corrected chi connectivity index (χ3v) is 8.25. The number of nitrogens with zero attached hydrogens (tertiary/aromatic N) is 1. The van der Waals surface area contributed by atoms with E-state index in [1.54, 1.807) is 26.0 Å². The fourth-order valence-corrected chi connectivity index (χ4v) is 5.72. The second-order valence-corrected chi connectivity index (χ2v) is 10.5. The molecule has 0 aliphatic carbocycles. The van der Waals surface area contributed by atoms with Gasteiger partial charge in [0.25, 0.3) is 5.91 Å². The number of carbonyl (C=O) groups is 2. The smallest absolute Gasteiger partial charge is 0.338 e. The number of hydrogen-bond donors (Lipinski definition) is 1. The van der Waals surface area contributed by atoms with Crippen molar-refractivity contribution >= 4 is 27.6 Å². The number of benzene rings is 2. The minimum atomic E-state index is -3.73. The van der Waals surface area contributed by atoms with Crippen LogP contribution in [0.5, 0.6) is 0 Å². The summed E-state index contributed by atoms with van der Waals surface area (Å²) in [5, 5.41) is 2.75. The van der Waals surface area contributed by atoms with Crippen molar-refractivity contribution in [1.82, 2.24) is 4.31 Å². The van der Waals surface area contributed by atoms with E-state index in [2.05, 4.69) is 12.2 Å². The average molecular weight is 473 g/mol. The molecular formula is C25H32N2O5S. The third-order valence-electron chi connectivity index (χ3n) is 6.22. The number of nitrogens with one attached hydrogen (secondary N) is 1. The van der Waals surface area contributed by atoms with Crippen molar-refractivity contribution in [1.29, 1.82) is 0 Å². The molecule has 0 saturated carbocycles. The molecule has 1 aliphatic rings. The van der Waals surface area contributed by atoms with Gasteiger partial charge in [-0.3, -0.25) is 4.79 Å². The molecule has 1 heterocycles. The first-order valence-electron chi connectivity index (χ1n) is 11.3. The molecule has 1 fully saturated rings. The van der Waals surface area contributed by atoms with Crippen LogP contribution in [-0.2, 0) is 26.0 Å². The van der Waals surface area contributed by atoms with Crippen LogP contribution in [0.25, 0.3) is 0 Å². The number of ether oxygens (including phenoxy) is 1. The summed E-state index contributed by atoms with van der Waals surface area (Å²) in [6.07, 6.45) is 2.39. The minimum Gasteiger partial charge on any atom is -0.452 e. The number of sulfonamides is 1. The van der Waals surface area contributed by atoms with Crippen LogP contribution in [0, 0.1) is 19.8 Å². The molecule has 0 atom stereocenters. The van der Waals surface area contributed by atoms with Crippen LogP contribution in [0.2, 0.25) is 0 Å². The zero-order chi connectivity index (χ0) is 24.2. The largest absolute Gasteiger partial charge is 0.452 e. The molecule has 0 spiro atoms. The summed E-state index contributed by atoms with van der Waals surface area (Å²) in [6.45, 7) is 8.08. The number of carbonyl (C=O) groups excluding carboxylic acids is 2. The lowest BCUT2D eigenvalue weighted by molar-refractivity contribution is -0.119. The number of hydrogen-bond acceptors (Lipinski definition) is 5. The third kappa shape index (κ3) is 5.81. The predicted molar refractivity (Wildman–Crippen MR) is 128 cm³/mol. The number of piperidine rings is 1. The fraction of sp³-hybridized carbons (Fsp3) is 0.440. The van der Waals surface area contributed by atoms with Crippen LogP contribution in [0.4, 0.5) is 5.69 Å². The molecule has 2 aromatic rings. The van der Waals surface area contributed by atoms with Gasteiger partial charge in [0, 0.05) is 18.8 Å². The predicted octanol–water partition coefficient (Wildman–Crippen LogP) is 4.08. The number of para-hydroxylation sites is 1. The number of aryl methyl sites for hydroxylation is 2. The van der Waals surface area contributed by atoms with E-state index < -0.39 is 28.5 Å². The highest BCUT2D eigenvalue weighted by molar-refractivity contribution is 7.89. The summed E-state index contributed by atoms with van der Waals surface area (Å²) in [5.41, 5.74) is 3.06. The van der Waals surface area contributed by atoms with Crippen LogP contribution in [-0.4, -0.2) is 44.3 Å². The van der Waals surface area contributed by atoms with Gasteiger partial charge in [-0.05, 0) is 73.9 Å². The van der Waals surface area contributed by atoms with E-state index in [1.165, 1.54) is 10.4 Å². The Morgan fingerprint density at radius 2 is 1.79 bits per heavy atom. The molecule has 1 saturated heterocycles. The molecule has 1 amide bonds. The summed E-state index contributed by atoms with van der Waals surface area (Å²) < 4.78 is 33.2. The molecule has 0 bridgehead atoms. The summed E-state index contributed by atoms with van der Waals surface area (Å²) in [5.74, 6) is -0.694. The average Bonchev–Trinajstić information content (AvgIpc) is 2.79. The maximum atomic E-state index is 13.3. The summed E-state index contributed by atoms with van der Waals surface area (Å²) in [6, 6.07) is 10.4. The molecule has 0 radical (unpaired) electrons. The molecule has 178 valence electrons. The van der Waals surface area contributed by atoms with Gasteiger partial charge >= 0.3 is 5.97 Å². The lowest BCUT2D eigenvalue weighted by Gasteiger charge is -2.30. The van der Waals surface area contributed by atoms with Crippen LogP contribution in [0.15, 0.2) is 41.3 Å². The van der Waals surface area contributed by atoms with Crippen molar-refractivity contribution in [3.8, 4) is 0 Å². The Bertz CT molecular complexity index is 1140. The van der Waals surface area contributed by atoms with Gasteiger partial charge in [0.1, 0.15) is 0 Å². The highest BCUT2D eigenvalue weighted by atomic mass is 32.2. The normalized spacial score (nSPS) is 15.3. The standard InChI is InChI=1S/C25H32N2O5S/c1-5-20-8-6-7-9-22(20)26-24(28)16-32-25(29)21-14-18(3)19(4)23(15-21)33(30,31)27-12-10-17(2)11-13-27/h6-9,14-15,17H,5,10-13,16H2,1-4H3,(H,26,28). The topological polar surface area (TPSA) is 92.8 Å². The molecular weight excluding hydrogens is 440 g/mol. The van der Waals surface area contributed by atoms with Crippen molar-refractivity contribution in [3.05, 3.63) is 58.7 Å². The van der Waals surface area contributed by atoms with E-state index in [9.17, 15) is 18.0 Å². The summed E-state index contributed by atoms with van der Waals surface area (Å²) in [7, 11) is -3.73. The van der Waals surface area contributed by atoms with Gasteiger partial charge in [0.2, 0.25) is 10.0 Å². The van der Waals surface area contributed by atoms with Crippen molar-refractivity contribution in [2.75, 3.05) is 25.0 Å². The maximum absolute atomic E-state index is 13.3. The van der Waals surface area contributed by atoms with E-state index in [-0.39, 0.29) is 10.5 Å². The maximum Gasteiger partial charge on any atom is 0.338 e. The molecule has 33 heavy (non-hydrogen) atoms. The highest BCUT2D eigenvalue weighted by Crippen LogP contribution is 2.28. The van der Waals surface area contributed by atoms with Crippen LogP contribution < -0.4 is 5.32 Å². The van der Waals surface area contributed by atoms with Crippen molar-refractivity contribution < 1.29 is 22.7 Å². The van der Waals surface area contributed by atoms with E-state index in [4.69, 9.17) is 4.74 Å². The number of esters is 1. The molecule has 7 nitrogen and oxygen atoms in total.